The average Bonchev–Trinajstić information content (AvgIpc) is 2.75. The highest BCUT2D eigenvalue weighted by molar-refractivity contribution is 6.35. The van der Waals surface area contributed by atoms with Crippen molar-refractivity contribution in [3.63, 3.8) is 0 Å². The van der Waals surface area contributed by atoms with Crippen LogP contribution in [0.4, 0.5) is 5.69 Å². The van der Waals surface area contributed by atoms with Crippen molar-refractivity contribution in [3.8, 4) is 0 Å². The lowest BCUT2D eigenvalue weighted by Crippen LogP contribution is -2.63. The lowest BCUT2D eigenvalue weighted by Gasteiger charge is -2.45. The van der Waals surface area contributed by atoms with Gasteiger partial charge in [0.05, 0.1) is 28.8 Å². The zero-order valence-corrected chi connectivity index (χ0v) is 20.0. The highest BCUT2D eigenvalue weighted by atomic mass is 35.5. The second-order valence-corrected chi connectivity index (χ2v) is 8.84. The third-order valence-corrected chi connectivity index (χ3v) is 6.42. The van der Waals surface area contributed by atoms with E-state index in [-0.39, 0.29) is 48.7 Å². The van der Waals surface area contributed by atoms with Gasteiger partial charge in [-0.2, -0.15) is 0 Å². The number of halogens is 2. The van der Waals surface area contributed by atoms with Crippen molar-refractivity contribution in [2.45, 2.75) is 50.8 Å². The van der Waals surface area contributed by atoms with E-state index >= 15 is 0 Å². The smallest absolute Gasteiger partial charge is 0.255 e. The summed E-state index contributed by atoms with van der Waals surface area (Å²) < 4.78 is 5.59. The van der Waals surface area contributed by atoms with E-state index in [4.69, 9.17) is 21.7 Å². The van der Waals surface area contributed by atoms with Gasteiger partial charge in [0.2, 0.25) is 5.91 Å². The largest absolute Gasteiger partial charge is 0.378 e. The molecular formula is C23H27Cl2N5O3. The van der Waals surface area contributed by atoms with Gasteiger partial charge in [-0.25, -0.2) is 0 Å². The number of hydrogen-bond acceptors (Lipinski definition) is 5. The fourth-order valence-electron chi connectivity index (χ4n) is 4.39. The van der Waals surface area contributed by atoms with Crippen LogP contribution in [0.15, 0.2) is 42.7 Å². The Labute approximate surface area is 204 Å². The molecule has 10 heteroatoms. The molecule has 2 aromatic rings. The first-order valence-corrected chi connectivity index (χ1v) is 11.0. The molecule has 2 aliphatic rings. The van der Waals surface area contributed by atoms with Gasteiger partial charge in [-0.3, -0.25) is 24.9 Å². The van der Waals surface area contributed by atoms with Gasteiger partial charge in [-0.05, 0) is 50.5 Å². The van der Waals surface area contributed by atoms with Crippen molar-refractivity contribution in [1.29, 1.82) is 5.41 Å². The van der Waals surface area contributed by atoms with Gasteiger partial charge in [0, 0.05) is 30.6 Å². The van der Waals surface area contributed by atoms with Crippen LogP contribution in [0.1, 0.15) is 49.0 Å². The molecule has 0 aliphatic carbocycles. The van der Waals surface area contributed by atoms with Gasteiger partial charge in [0.1, 0.15) is 0 Å². The Morgan fingerprint density at radius 2 is 2.06 bits per heavy atom. The number of benzene rings is 1. The number of guanidine groups is 1. The number of aromatic nitrogens is 1. The third-order valence-electron chi connectivity index (χ3n) is 6.02. The zero-order valence-electron chi connectivity index (χ0n) is 18.4. The predicted octanol–water partition coefficient (Wildman–Crippen LogP) is 3.95. The SMILES string of the molecule is C[C@@H]1C[C@H](N2C(=N)N[C@](C)(c3cccc(NC(=O)c4ccncc4)c3Cl)CC2=O)CCO1.Cl. The quantitative estimate of drug-likeness (QED) is 0.599. The first kappa shape index (κ1) is 25.0. The standard InChI is InChI=1S/C23H26ClN5O3.ClH/c1-14-12-16(8-11-32-14)29-19(30)13-23(2,28-22(29)25)17-4-3-5-18(20(17)24)27-21(31)15-6-9-26-10-7-15;/h3-7,9-10,14,16H,8,11-13H2,1-2H3,(H2,25,28)(H,27,31);1H/t14-,16-,23+;/m1./s1. The first-order chi connectivity index (χ1) is 15.3. The Bertz CT molecular complexity index is 1030. The maximum atomic E-state index is 13.1. The molecule has 0 spiro atoms. The molecule has 3 heterocycles. The van der Waals surface area contributed by atoms with E-state index < -0.39 is 5.54 Å². The zero-order chi connectivity index (χ0) is 22.9. The normalized spacial score (nSPS) is 25.1. The van der Waals surface area contributed by atoms with E-state index in [1.165, 1.54) is 0 Å². The average molecular weight is 492 g/mol. The van der Waals surface area contributed by atoms with Gasteiger partial charge in [0.15, 0.2) is 5.96 Å². The second kappa shape index (κ2) is 10.1. The predicted molar refractivity (Wildman–Crippen MR) is 129 cm³/mol. The first-order valence-electron chi connectivity index (χ1n) is 10.6. The minimum absolute atomic E-state index is 0. The monoisotopic (exact) mass is 491 g/mol. The van der Waals surface area contributed by atoms with Gasteiger partial charge in [-0.15, -0.1) is 12.4 Å². The van der Waals surface area contributed by atoms with Crippen molar-refractivity contribution in [1.82, 2.24) is 15.2 Å². The van der Waals surface area contributed by atoms with E-state index in [0.29, 0.717) is 41.3 Å². The van der Waals surface area contributed by atoms with Gasteiger partial charge < -0.3 is 15.4 Å². The maximum Gasteiger partial charge on any atom is 0.255 e. The molecule has 0 saturated carbocycles. The summed E-state index contributed by atoms with van der Waals surface area (Å²) in [5.74, 6) is -0.375. The highest BCUT2D eigenvalue weighted by Crippen LogP contribution is 2.38. The molecule has 8 nitrogen and oxygen atoms in total. The topological polar surface area (TPSA) is 107 Å². The van der Waals surface area contributed by atoms with E-state index in [1.54, 1.807) is 41.6 Å². The van der Waals surface area contributed by atoms with Crippen LogP contribution < -0.4 is 10.6 Å². The summed E-state index contributed by atoms with van der Waals surface area (Å²) >= 11 is 6.68. The maximum absolute atomic E-state index is 13.1. The van der Waals surface area contributed by atoms with Crippen LogP contribution in [0.5, 0.6) is 0 Å². The molecule has 176 valence electrons. The van der Waals surface area contributed by atoms with Crippen LogP contribution in [-0.2, 0) is 15.1 Å². The van der Waals surface area contributed by atoms with Crippen LogP contribution in [0.25, 0.3) is 0 Å². The molecular weight excluding hydrogens is 465 g/mol. The van der Waals surface area contributed by atoms with Crippen LogP contribution in [0.2, 0.25) is 5.02 Å². The molecule has 2 saturated heterocycles. The summed E-state index contributed by atoms with van der Waals surface area (Å²) in [5, 5.41) is 14.9. The van der Waals surface area contributed by atoms with Crippen molar-refractivity contribution < 1.29 is 14.3 Å². The molecule has 0 unspecified atom stereocenters. The number of nitrogens with one attached hydrogen (secondary N) is 3. The summed E-state index contributed by atoms with van der Waals surface area (Å²) in [5.41, 5.74) is 0.663. The molecule has 0 bridgehead atoms. The minimum Gasteiger partial charge on any atom is -0.378 e. The molecule has 4 rings (SSSR count). The number of hydrogen-bond donors (Lipinski definition) is 3. The lowest BCUT2D eigenvalue weighted by molar-refractivity contribution is -0.134. The molecule has 33 heavy (non-hydrogen) atoms. The number of carbonyl (C=O) groups is 2. The summed E-state index contributed by atoms with van der Waals surface area (Å²) in [6.07, 6.45) is 4.68. The highest BCUT2D eigenvalue weighted by Gasteiger charge is 2.43. The van der Waals surface area contributed by atoms with Gasteiger partial charge in [0.25, 0.3) is 5.91 Å². The number of pyridine rings is 1. The number of anilines is 1. The van der Waals surface area contributed by atoms with E-state index in [0.717, 1.165) is 0 Å². The lowest BCUT2D eigenvalue weighted by atomic mass is 9.85. The van der Waals surface area contributed by atoms with Crippen molar-refractivity contribution >= 4 is 47.5 Å². The molecule has 2 amide bonds. The summed E-state index contributed by atoms with van der Waals surface area (Å²) in [7, 11) is 0. The van der Waals surface area contributed by atoms with Crippen LogP contribution in [-0.4, -0.2) is 46.4 Å². The number of rotatable bonds is 4. The molecule has 0 radical (unpaired) electrons. The Hall–Kier alpha value is -2.68. The molecule has 1 aromatic carbocycles. The number of carbonyl (C=O) groups excluding carboxylic acids is 2. The van der Waals surface area contributed by atoms with E-state index in [2.05, 4.69) is 15.6 Å². The minimum atomic E-state index is -0.879. The number of ether oxygens (including phenoxy) is 1. The second-order valence-electron chi connectivity index (χ2n) is 8.46. The van der Waals surface area contributed by atoms with Gasteiger partial charge in [-0.1, -0.05) is 23.7 Å². The summed E-state index contributed by atoms with van der Waals surface area (Å²) in [6.45, 7) is 4.40. The molecule has 2 fully saturated rings. The molecule has 2 aliphatic heterocycles. The van der Waals surface area contributed by atoms with Crippen LogP contribution in [0.3, 0.4) is 0 Å². The molecule has 3 N–H and O–H groups in total. The summed E-state index contributed by atoms with van der Waals surface area (Å²) in [4.78, 5) is 31.2. The van der Waals surface area contributed by atoms with Crippen molar-refractivity contribution in [2.75, 3.05) is 11.9 Å². The Kier molecular flexibility index (Phi) is 7.62. The van der Waals surface area contributed by atoms with Crippen LogP contribution >= 0.6 is 24.0 Å². The number of amides is 2. The summed E-state index contributed by atoms with van der Waals surface area (Å²) in [6, 6.07) is 8.46. The molecule has 1 aromatic heterocycles. The third kappa shape index (κ3) is 5.13. The van der Waals surface area contributed by atoms with Crippen molar-refractivity contribution in [3.05, 3.63) is 58.9 Å². The number of nitrogens with zero attached hydrogens (tertiary/aromatic N) is 2. The fraction of sp³-hybridized carbons (Fsp3) is 0.391. The Balaban J connectivity index is 0.00000306. The van der Waals surface area contributed by atoms with E-state index in [1.807, 2.05) is 19.9 Å². The molecule has 3 atom stereocenters. The van der Waals surface area contributed by atoms with E-state index in [9.17, 15) is 9.59 Å². The van der Waals surface area contributed by atoms with Crippen LogP contribution in [0, 0.1) is 5.41 Å². The Morgan fingerprint density at radius 1 is 1.33 bits per heavy atom. The Morgan fingerprint density at radius 3 is 2.73 bits per heavy atom. The van der Waals surface area contributed by atoms with Crippen molar-refractivity contribution in [2.24, 2.45) is 0 Å². The van der Waals surface area contributed by atoms with Gasteiger partial charge >= 0.3 is 0 Å². The fourth-order valence-corrected chi connectivity index (χ4v) is 4.77.